The van der Waals surface area contributed by atoms with Crippen LogP contribution in [0.25, 0.3) is 0 Å². The Kier molecular flexibility index (Phi) is 3.49. The molecule has 0 unspecified atom stereocenters. The Balaban J connectivity index is 2.19. The summed E-state index contributed by atoms with van der Waals surface area (Å²) in [5, 5.41) is 8.80. The number of ether oxygens (including phenoxy) is 2. The lowest BCUT2D eigenvalue weighted by Crippen LogP contribution is -2.31. The van der Waals surface area contributed by atoms with Crippen molar-refractivity contribution >= 4 is 5.97 Å². The van der Waals surface area contributed by atoms with Crippen molar-refractivity contribution in [1.82, 2.24) is 4.90 Å². The third-order valence-electron chi connectivity index (χ3n) is 2.69. The third kappa shape index (κ3) is 2.88. The summed E-state index contributed by atoms with van der Waals surface area (Å²) in [5.74, 6) is 0.736. The summed E-state index contributed by atoms with van der Waals surface area (Å²) < 4.78 is 10.7. The molecule has 0 atom stereocenters. The van der Waals surface area contributed by atoms with Crippen LogP contribution in [-0.2, 0) is 11.3 Å². The number of hydrogen-bond acceptors (Lipinski definition) is 4. The zero-order valence-electron chi connectivity index (χ0n) is 9.68. The average molecular weight is 237 g/mol. The molecule has 1 aliphatic heterocycles. The van der Waals surface area contributed by atoms with Crippen LogP contribution in [0.15, 0.2) is 18.2 Å². The molecule has 0 saturated heterocycles. The number of carbonyl (C=O) groups is 1. The molecule has 17 heavy (non-hydrogen) atoms. The minimum absolute atomic E-state index is 0.0278. The van der Waals surface area contributed by atoms with Crippen LogP contribution in [0.1, 0.15) is 5.56 Å². The first-order valence-corrected chi connectivity index (χ1v) is 5.43. The summed E-state index contributed by atoms with van der Waals surface area (Å²) in [5.41, 5.74) is 0.961. The monoisotopic (exact) mass is 237 g/mol. The number of aliphatic carboxylic acids is 1. The van der Waals surface area contributed by atoms with Crippen molar-refractivity contribution in [3.8, 4) is 11.5 Å². The lowest BCUT2D eigenvalue weighted by molar-refractivity contribution is -0.138. The van der Waals surface area contributed by atoms with Crippen molar-refractivity contribution in [1.29, 1.82) is 0 Å². The predicted octanol–water partition coefficient (Wildman–Crippen LogP) is 0.974. The van der Waals surface area contributed by atoms with Crippen LogP contribution in [-0.4, -0.2) is 42.8 Å². The Morgan fingerprint density at radius 3 is 3.12 bits per heavy atom. The smallest absolute Gasteiger partial charge is 0.317 e. The first kappa shape index (κ1) is 11.7. The van der Waals surface area contributed by atoms with Crippen LogP contribution in [0.3, 0.4) is 0 Å². The van der Waals surface area contributed by atoms with Gasteiger partial charge < -0.3 is 14.6 Å². The van der Waals surface area contributed by atoms with Crippen molar-refractivity contribution in [3.63, 3.8) is 0 Å². The number of carboxylic acids is 1. The fourth-order valence-electron chi connectivity index (χ4n) is 1.88. The summed E-state index contributed by atoms with van der Waals surface area (Å²) in [6.45, 7) is 1.72. The van der Waals surface area contributed by atoms with E-state index < -0.39 is 5.97 Å². The molecule has 1 N–H and O–H groups in total. The molecular formula is C12H15NO4. The number of fused-ring (bicyclic) bond motifs is 1. The Morgan fingerprint density at radius 1 is 1.59 bits per heavy atom. The molecule has 1 heterocycles. The highest BCUT2D eigenvalue weighted by atomic mass is 16.5. The molecule has 0 fully saturated rings. The first-order valence-electron chi connectivity index (χ1n) is 5.43. The van der Waals surface area contributed by atoms with Gasteiger partial charge in [0.15, 0.2) is 0 Å². The largest absolute Gasteiger partial charge is 0.497 e. The van der Waals surface area contributed by atoms with Gasteiger partial charge in [-0.2, -0.15) is 0 Å². The topological polar surface area (TPSA) is 59.0 Å². The minimum Gasteiger partial charge on any atom is -0.497 e. The number of carboxylic acid groups (broad SMARTS) is 1. The zero-order chi connectivity index (χ0) is 12.3. The quantitative estimate of drug-likeness (QED) is 0.849. The molecule has 0 bridgehead atoms. The van der Waals surface area contributed by atoms with Crippen LogP contribution in [0.2, 0.25) is 0 Å². The average Bonchev–Trinajstić information content (AvgIpc) is 2.48. The Morgan fingerprint density at radius 2 is 2.41 bits per heavy atom. The maximum atomic E-state index is 10.7. The highest BCUT2D eigenvalue weighted by Gasteiger charge is 2.17. The number of nitrogens with zero attached hydrogens (tertiary/aromatic N) is 1. The van der Waals surface area contributed by atoms with Crippen molar-refractivity contribution in [3.05, 3.63) is 23.8 Å². The minimum atomic E-state index is -0.823. The molecule has 5 nitrogen and oxygen atoms in total. The standard InChI is InChI=1S/C12H15NO4/c1-16-10-2-3-11-9(6-10)7-13(4-5-17-11)8-12(14)15/h2-3,6H,4-5,7-8H2,1H3,(H,14,15). The van der Waals surface area contributed by atoms with Crippen LogP contribution in [0, 0.1) is 0 Å². The van der Waals surface area contributed by atoms with Gasteiger partial charge in [0, 0.05) is 18.7 Å². The highest BCUT2D eigenvalue weighted by molar-refractivity contribution is 5.69. The second-order valence-electron chi connectivity index (χ2n) is 3.93. The molecule has 0 spiro atoms. The molecule has 2 rings (SSSR count). The van der Waals surface area contributed by atoms with Gasteiger partial charge in [-0.1, -0.05) is 0 Å². The number of rotatable bonds is 3. The summed E-state index contributed by atoms with van der Waals surface area (Å²) in [4.78, 5) is 12.5. The second kappa shape index (κ2) is 5.05. The van der Waals surface area contributed by atoms with Gasteiger partial charge in [0.1, 0.15) is 18.1 Å². The molecule has 1 aromatic rings. The van der Waals surface area contributed by atoms with E-state index in [4.69, 9.17) is 14.6 Å². The van der Waals surface area contributed by atoms with E-state index in [1.165, 1.54) is 0 Å². The lowest BCUT2D eigenvalue weighted by atomic mass is 10.2. The highest BCUT2D eigenvalue weighted by Crippen LogP contribution is 2.27. The molecule has 0 radical (unpaired) electrons. The third-order valence-corrected chi connectivity index (χ3v) is 2.69. The van der Waals surface area contributed by atoms with E-state index in [2.05, 4.69) is 0 Å². The van der Waals surface area contributed by atoms with Crippen LogP contribution < -0.4 is 9.47 Å². The van der Waals surface area contributed by atoms with Gasteiger partial charge >= 0.3 is 5.97 Å². The van der Waals surface area contributed by atoms with E-state index in [0.717, 1.165) is 17.1 Å². The second-order valence-corrected chi connectivity index (χ2v) is 3.93. The number of hydrogen-bond donors (Lipinski definition) is 1. The van der Waals surface area contributed by atoms with Crippen molar-refractivity contribution in [2.75, 3.05) is 26.8 Å². The molecule has 0 amide bonds. The predicted molar refractivity (Wildman–Crippen MR) is 61.4 cm³/mol. The molecule has 0 aliphatic carbocycles. The van der Waals surface area contributed by atoms with E-state index in [0.29, 0.717) is 19.7 Å². The molecule has 92 valence electrons. The normalized spacial score (nSPS) is 15.6. The summed E-state index contributed by atoms with van der Waals surface area (Å²) in [6.07, 6.45) is 0. The number of benzene rings is 1. The number of methoxy groups -OCH3 is 1. The Labute approximate surface area is 99.6 Å². The van der Waals surface area contributed by atoms with Gasteiger partial charge in [0.2, 0.25) is 0 Å². The van der Waals surface area contributed by atoms with Gasteiger partial charge in [-0.05, 0) is 18.2 Å². The Bertz CT molecular complexity index is 419. The van der Waals surface area contributed by atoms with E-state index in [1.54, 1.807) is 7.11 Å². The zero-order valence-corrected chi connectivity index (χ0v) is 9.68. The van der Waals surface area contributed by atoms with E-state index in [9.17, 15) is 4.79 Å². The van der Waals surface area contributed by atoms with E-state index >= 15 is 0 Å². The summed E-state index contributed by atoms with van der Waals surface area (Å²) >= 11 is 0. The first-order chi connectivity index (χ1) is 8.19. The molecular weight excluding hydrogens is 222 g/mol. The van der Waals surface area contributed by atoms with Crippen molar-refractivity contribution in [2.45, 2.75) is 6.54 Å². The molecule has 0 saturated carbocycles. The van der Waals surface area contributed by atoms with Crippen LogP contribution >= 0.6 is 0 Å². The van der Waals surface area contributed by atoms with Gasteiger partial charge in [-0.25, -0.2) is 0 Å². The van der Waals surface area contributed by atoms with Gasteiger partial charge in [0.05, 0.1) is 13.7 Å². The Hall–Kier alpha value is -1.75. The molecule has 0 aromatic heterocycles. The fraction of sp³-hybridized carbons (Fsp3) is 0.417. The maximum absolute atomic E-state index is 10.7. The molecule has 1 aromatic carbocycles. The van der Waals surface area contributed by atoms with Gasteiger partial charge in [-0.3, -0.25) is 9.69 Å². The van der Waals surface area contributed by atoms with Crippen LogP contribution in [0.4, 0.5) is 0 Å². The molecule has 1 aliphatic rings. The lowest BCUT2D eigenvalue weighted by Gasteiger charge is -2.16. The summed E-state index contributed by atoms with van der Waals surface area (Å²) in [6, 6.07) is 5.58. The van der Waals surface area contributed by atoms with E-state index in [-0.39, 0.29) is 6.54 Å². The van der Waals surface area contributed by atoms with Crippen molar-refractivity contribution < 1.29 is 19.4 Å². The maximum Gasteiger partial charge on any atom is 0.317 e. The van der Waals surface area contributed by atoms with Crippen molar-refractivity contribution in [2.24, 2.45) is 0 Å². The van der Waals surface area contributed by atoms with Gasteiger partial charge in [0.25, 0.3) is 0 Å². The van der Waals surface area contributed by atoms with Gasteiger partial charge in [-0.15, -0.1) is 0 Å². The van der Waals surface area contributed by atoms with E-state index in [1.807, 2.05) is 23.1 Å². The van der Waals surface area contributed by atoms with Crippen LogP contribution in [0.5, 0.6) is 11.5 Å². The summed E-state index contributed by atoms with van der Waals surface area (Å²) in [7, 11) is 1.61. The molecule has 5 heteroatoms. The SMILES string of the molecule is COc1ccc2c(c1)CN(CC(=O)O)CCO2. The fourth-order valence-corrected chi connectivity index (χ4v) is 1.88.